The van der Waals surface area contributed by atoms with Crippen LogP contribution in [-0.2, 0) is 0 Å². The molecule has 0 bridgehead atoms. The first-order valence-corrected chi connectivity index (χ1v) is 1.63. The predicted molar refractivity (Wildman–Crippen MR) is 20.7 cm³/mol. The summed E-state index contributed by atoms with van der Waals surface area (Å²) in [6.07, 6.45) is 3.75. The standard InChI is InChI=1S/C4H5N/c1-2-4-5-3-1/h1,4-5H,3H2. The van der Waals surface area contributed by atoms with Crippen molar-refractivity contribution in [2.45, 2.75) is 0 Å². The van der Waals surface area contributed by atoms with Crippen LogP contribution >= 0.6 is 0 Å². The molecule has 1 aliphatic rings. The molecular formula is C4H5N. The molecule has 1 heteroatoms. The molecule has 0 unspecified atom stereocenters. The van der Waals surface area contributed by atoms with Gasteiger partial charge >= 0.3 is 0 Å². The highest BCUT2D eigenvalue weighted by Crippen LogP contribution is 1.70. The maximum Gasteiger partial charge on any atom is 0.0406 e. The van der Waals surface area contributed by atoms with Crippen LogP contribution in [0.5, 0.6) is 0 Å². The third-order valence-electron chi connectivity index (χ3n) is 0.523. The van der Waals surface area contributed by atoms with Crippen LogP contribution in [0.3, 0.4) is 0 Å². The van der Waals surface area contributed by atoms with Gasteiger partial charge < -0.3 is 5.32 Å². The molecule has 1 nitrogen and oxygen atoms in total. The number of hydrogen-bond donors (Lipinski definition) is 1. The first-order chi connectivity index (χ1) is 2.50. The maximum absolute atomic E-state index is 2.93. The Morgan fingerprint density at radius 1 is 1.80 bits per heavy atom. The van der Waals surface area contributed by atoms with E-state index in [0.717, 1.165) is 6.54 Å². The summed E-state index contributed by atoms with van der Waals surface area (Å²) in [5.41, 5.74) is 2.86. The second-order valence-corrected chi connectivity index (χ2v) is 0.923. The van der Waals surface area contributed by atoms with E-state index in [1.54, 1.807) is 6.20 Å². The number of hydrogen-bond acceptors (Lipinski definition) is 1. The Labute approximate surface area is 31.0 Å². The van der Waals surface area contributed by atoms with E-state index in [9.17, 15) is 0 Å². The lowest BCUT2D eigenvalue weighted by atomic mass is 10.7. The van der Waals surface area contributed by atoms with Crippen LogP contribution < -0.4 is 5.32 Å². The fraction of sp³-hybridized carbons (Fsp3) is 0.250. The summed E-state index contributed by atoms with van der Waals surface area (Å²) in [6.45, 7) is 0.958. The average Bonchev–Trinajstić information content (AvgIpc) is 1.76. The molecule has 0 spiro atoms. The smallest absolute Gasteiger partial charge is 0.0406 e. The van der Waals surface area contributed by atoms with E-state index in [2.05, 4.69) is 11.0 Å². The van der Waals surface area contributed by atoms with Crippen molar-refractivity contribution in [1.29, 1.82) is 0 Å². The summed E-state index contributed by atoms with van der Waals surface area (Å²) in [5, 5.41) is 2.93. The van der Waals surface area contributed by atoms with Crippen molar-refractivity contribution < 1.29 is 0 Å². The Morgan fingerprint density at radius 2 is 2.80 bits per heavy atom. The van der Waals surface area contributed by atoms with Gasteiger partial charge in [0.2, 0.25) is 0 Å². The molecule has 1 rings (SSSR count). The van der Waals surface area contributed by atoms with Crippen molar-refractivity contribution in [1.82, 2.24) is 5.32 Å². The zero-order valence-corrected chi connectivity index (χ0v) is 2.86. The van der Waals surface area contributed by atoms with Gasteiger partial charge in [0.15, 0.2) is 0 Å². The molecule has 0 saturated heterocycles. The number of nitrogens with one attached hydrogen (secondary N) is 1. The molecular weight excluding hydrogens is 62.1 g/mol. The van der Waals surface area contributed by atoms with E-state index in [-0.39, 0.29) is 0 Å². The first-order valence-electron chi connectivity index (χ1n) is 1.63. The average molecular weight is 67.1 g/mol. The van der Waals surface area contributed by atoms with Gasteiger partial charge in [0.25, 0.3) is 0 Å². The highest BCUT2D eigenvalue weighted by molar-refractivity contribution is 4.92. The van der Waals surface area contributed by atoms with Gasteiger partial charge in [0.1, 0.15) is 0 Å². The van der Waals surface area contributed by atoms with Gasteiger partial charge in [-0.15, -0.1) is 5.73 Å². The zero-order valence-electron chi connectivity index (χ0n) is 2.86. The third kappa shape index (κ3) is 0.310. The van der Waals surface area contributed by atoms with E-state index < -0.39 is 0 Å². The van der Waals surface area contributed by atoms with Crippen molar-refractivity contribution in [3.05, 3.63) is 18.0 Å². The van der Waals surface area contributed by atoms with Crippen LogP contribution in [0.4, 0.5) is 0 Å². The van der Waals surface area contributed by atoms with E-state index in [1.165, 1.54) is 0 Å². The molecule has 0 aliphatic carbocycles. The Morgan fingerprint density at radius 3 is 3.00 bits per heavy atom. The Kier molecular flexibility index (Phi) is 0.489. The molecule has 1 aliphatic heterocycles. The lowest BCUT2D eigenvalue weighted by Gasteiger charge is -1.76. The van der Waals surface area contributed by atoms with Crippen LogP contribution in [0.2, 0.25) is 0 Å². The molecule has 5 heavy (non-hydrogen) atoms. The van der Waals surface area contributed by atoms with Gasteiger partial charge in [-0.25, -0.2) is 0 Å². The molecule has 26 valence electrons. The topological polar surface area (TPSA) is 12.0 Å². The van der Waals surface area contributed by atoms with Gasteiger partial charge in [0, 0.05) is 12.7 Å². The van der Waals surface area contributed by atoms with Gasteiger partial charge in [-0.3, -0.25) is 0 Å². The molecule has 0 atom stereocenters. The van der Waals surface area contributed by atoms with E-state index in [4.69, 9.17) is 0 Å². The predicted octanol–water partition coefficient (Wildman–Crippen LogP) is 0.258. The zero-order chi connectivity index (χ0) is 3.54. The Bertz CT molecular complexity index is 69.6. The SMILES string of the molecule is C1=CCNC=1. The van der Waals surface area contributed by atoms with Crippen molar-refractivity contribution in [3.8, 4) is 0 Å². The summed E-state index contributed by atoms with van der Waals surface area (Å²) in [7, 11) is 0. The summed E-state index contributed by atoms with van der Waals surface area (Å²) in [5.74, 6) is 0. The Hall–Kier alpha value is -0.680. The lowest BCUT2D eigenvalue weighted by molar-refractivity contribution is 1.02. The van der Waals surface area contributed by atoms with Gasteiger partial charge in [-0.1, -0.05) is 0 Å². The van der Waals surface area contributed by atoms with Crippen LogP contribution in [0, 0.1) is 0 Å². The van der Waals surface area contributed by atoms with Crippen molar-refractivity contribution in [2.75, 3.05) is 6.54 Å². The summed E-state index contributed by atoms with van der Waals surface area (Å²) >= 11 is 0. The molecule has 0 radical (unpaired) electrons. The third-order valence-corrected chi connectivity index (χ3v) is 0.523. The van der Waals surface area contributed by atoms with Gasteiger partial charge in [0.05, 0.1) is 0 Å². The summed E-state index contributed by atoms with van der Waals surface area (Å²) in [6, 6.07) is 0. The molecule has 0 amide bonds. The highest BCUT2D eigenvalue weighted by Gasteiger charge is 1.72. The van der Waals surface area contributed by atoms with Crippen LogP contribution in [0.15, 0.2) is 18.0 Å². The lowest BCUT2D eigenvalue weighted by Crippen LogP contribution is -1.96. The van der Waals surface area contributed by atoms with Crippen molar-refractivity contribution in [3.63, 3.8) is 0 Å². The normalized spacial score (nSPS) is 16.0. The summed E-state index contributed by atoms with van der Waals surface area (Å²) < 4.78 is 0. The molecule has 0 fully saturated rings. The second kappa shape index (κ2) is 0.958. The monoisotopic (exact) mass is 67.0 g/mol. The second-order valence-electron chi connectivity index (χ2n) is 0.923. The quantitative estimate of drug-likeness (QED) is 0.401. The molecule has 0 aromatic carbocycles. The largest absolute Gasteiger partial charge is 0.381 e. The van der Waals surface area contributed by atoms with Gasteiger partial charge in [-0.05, 0) is 6.08 Å². The summed E-state index contributed by atoms with van der Waals surface area (Å²) in [4.78, 5) is 0. The molecule has 0 aromatic rings. The van der Waals surface area contributed by atoms with E-state index in [0.29, 0.717) is 0 Å². The highest BCUT2D eigenvalue weighted by atomic mass is 14.8. The van der Waals surface area contributed by atoms with Crippen LogP contribution in [-0.4, -0.2) is 6.54 Å². The van der Waals surface area contributed by atoms with Crippen molar-refractivity contribution >= 4 is 0 Å². The fourth-order valence-corrected chi connectivity index (χ4v) is 0.295. The van der Waals surface area contributed by atoms with E-state index in [1.807, 2.05) is 6.08 Å². The van der Waals surface area contributed by atoms with Crippen LogP contribution in [0.25, 0.3) is 0 Å². The minimum absolute atomic E-state index is 0.958. The molecule has 1 N–H and O–H groups in total. The minimum atomic E-state index is 0.958. The van der Waals surface area contributed by atoms with Gasteiger partial charge in [-0.2, -0.15) is 0 Å². The fourth-order valence-electron chi connectivity index (χ4n) is 0.295. The maximum atomic E-state index is 2.93. The molecule has 1 heterocycles. The Balaban J connectivity index is 2.64. The first kappa shape index (κ1) is 2.55. The molecule has 0 saturated carbocycles. The number of rotatable bonds is 0. The molecule has 0 aromatic heterocycles. The minimum Gasteiger partial charge on any atom is -0.381 e. The van der Waals surface area contributed by atoms with Crippen molar-refractivity contribution in [2.24, 2.45) is 0 Å². The van der Waals surface area contributed by atoms with E-state index >= 15 is 0 Å². The van der Waals surface area contributed by atoms with Crippen LogP contribution in [0.1, 0.15) is 0 Å².